The van der Waals surface area contributed by atoms with Crippen molar-refractivity contribution in [2.75, 3.05) is 6.61 Å². The normalized spacial score (nSPS) is 10.5. The fourth-order valence-electron chi connectivity index (χ4n) is 2.03. The van der Waals surface area contributed by atoms with E-state index in [1.54, 1.807) is 12.1 Å². The minimum atomic E-state index is -0.234. The highest BCUT2D eigenvalue weighted by Crippen LogP contribution is 2.27. The number of benzene rings is 2. The number of phenolic OH excluding ortho intramolecular Hbond substituents is 2. The van der Waals surface area contributed by atoms with Gasteiger partial charge in [-0.15, -0.1) is 0 Å². The number of hydrogen-bond acceptors (Lipinski definition) is 4. The average molecular weight is 538 g/mol. The molecule has 122 valence electrons. The number of esters is 1. The Morgan fingerprint density at radius 1 is 0.957 bits per heavy atom. The summed E-state index contributed by atoms with van der Waals surface area (Å²) in [6.07, 6.45) is 1.53. The zero-order chi connectivity index (χ0) is 16.8. The standard InChI is InChI=1S/C17H16I2O4/c18-14-9-12(10-15(19)17(14)22)3-6-16(21)23-8-7-11-1-4-13(20)5-2-11/h1-2,4-5,9-10,20,22H,3,6-8H2. The molecule has 0 spiro atoms. The van der Waals surface area contributed by atoms with Gasteiger partial charge in [0.05, 0.1) is 13.7 Å². The fraction of sp³-hybridized carbons (Fsp3) is 0.235. The van der Waals surface area contributed by atoms with Gasteiger partial charge in [0.15, 0.2) is 0 Å². The maximum atomic E-state index is 11.8. The summed E-state index contributed by atoms with van der Waals surface area (Å²) < 4.78 is 6.79. The number of carbonyl (C=O) groups is 1. The first-order chi connectivity index (χ1) is 11.0. The highest BCUT2D eigenvalue weighted by molar-refractivity contribution is 14.1. The molecule has 0 saturated heterocycles. The Labute approximate surface area is 162 Å². The van der Waals surface area contributed by atoms with Gasteiger partial charge in [0.25, 0.3) is 0 Å². The molecule has 2 N–H and O–H groups in total. The number of ether oxygens (including phenoxy) is 1. The maximum Gasteiger partial charge on any atom is 0.306 e. The number of carbonyl (C=O) groups excluding carboxylic acids is 1. The first-order valence-electron chi connectivity index (χ1n) is 7.06. The smallest absolute Gasteiger partial charge is 0.306 e. The zero-order valence-corrected chi connectivity index (χ0v) is 16.6. The van der Waals surface area contributed by atoms with Gasteiger partial charge in [0.1, 0.15) is 11.5 Å². The summed E-state index contributed by atoms with van der Waals surface area (Å²) in [7, 11) is 0. The fourth-order valence-corrected chi connectivity index (χ4v) is 3.92. The molecule has 0 amide bonds. The SMILES string of the molecule is O=C(CCc1cc(I)c(O)c(I)c1)OCCc1ccc(O)cc1. The molecule has 2 aromatic rings. The first kappa shape index (κ1) is 18.3. The molecule has 0 bridgehead atoms. The van der Waals surface area contributed by atoms with Gasteiger partial charge in [-0.25, -0.2) is 0 Å². The van der Waals surface area contributed by atoms with Crippen LogP contribution in [0.1, 0.15) is 17.5 Å². The molecule has 0 fully saturated rings. The molecule has 6 heteroatoms. The van der Waals surface area contributed by atoms with E-state index in [1.807, 2.05) is 24.3 Å². The van der Waals surface area contributed by atoms with Crippen LogP contribution in [0.25, 0.3) is 0 Å². The van der Waals surface area contributed by atoms with Gasteiger partial charge in [0.2, 0.25) is 0 Å². The lowest BCUT2D eigenvalue weighted by Gasteiger charge is -2.07. The van der Waals surface area contributed by atoms with Crippen LogP contribution in [-0.2, 0) is 22.4 Å². The van der Waals surface area contributed by atoms with E-state index >= 15 is 0 Å². The summed E-state index contributed by atoms with van der Waals surface area (Å²) in [5.74, 6) is 0.275. The van der Waals surface area contributed by atoms with E-state index in [0.717, 1.165) is 18.3 Å². The molecular formula is C17H16I2O4. The average Bonchev–Trinajstić information content (AvgIpc) is 2.52. The van der Waals surface area contributed by atoms with Crippen LogP contribution in [-0.4, -0.2) is 22.8 Å². The second kappa shape index (κ2) is 8.72. The summed E-state index contributed by atoms with van der Waals surface area (Å²) >= 11 is 4.15. The number of hydrogen-bond donors (Lipinski definition) is 2. The summed E-state index contributed by atoms with van der Waals surface area (Å²) in [6, 6.07) is 10.6. The number of aromatic hydroxyl groups is 2. The molecule has 2 rings (SSSR count). The molecule has 2 aromatic carbocycles. The van der Waals surface area contributed by atoms with Crippen molar-refractivity contribution >= 4 is 51.2 Å². The molecule has 0 saturated carbocycles. The van der Waals surface area contributed by atoms with Crippen LogP contribution in [0.3, 0.4) is 0 Å². The first-order valence-corrected chi connectivity index (χ1v) is 9.22. The Hall–Kier alpha value is -1.03. The topological polar surface area (TPSA) is 66.8 Å². The molecule has 0 atom stereocenters. The molecule has 0 aromatic heterocycles. The van der Waals surface area contributed by atoms with Crippen molar-refractivity contribution in [1.29, 1.82) is 0 Å². The second-order valence-corrected chi connectivity index (χ2v) is 7.37. The number of rotatable bonds is 6. The maximum absolute atomic E-state index is 11.8. The van der Waals surface area contributed by atoms with E-state index in [9.17, 15) is 15.0 Å². The number of halogens is 2. The Morgan fingerprint density at radius 2 is 1.57 bits per heavy atom. The third kappa shape index (κ3) is 5.83. The van der Waals surface area contributed by atoms with Gasteiger partial charge in [-0.3, -0.25) is 4.79 Å². The lowest BCUT2D eigenvalue weighted by molar-refractivity contribution is -0.143. The number of aryl methyl sites for hydroxylation is 1. The van der Waals surface area contributed by atoms with Gasteiger partial charge in [-0.1, -0.05) is 12.1 Å². The summed E-state index contributed by atoms with van der Waals surface area (Å²) in [5.41, 5.74) is 2.02. The zero-order valence-electron chi connectivity index (χ0n) is 12.3. The quantitative estimate of drug-likeness (QED) is 0.431. The largest absolute Gasteiger partial charge is 0.508 e. The lowest BCUT2D eigenvalue weighted by Crippen LogP contribution is -2.08. The van der Waals surface area contributed by atoms with Crippen LogP contribution in [0.15, 0.2) is 36.4 Å². The minimum Gasteiger partial charge on any atom is -0.508 e. The molecule has 0 unspecified atom stereocenters. The van der Waals surface area contributed by atoms with Gasteiger partial charge in [-0.05, 0) is 87.0 Å². The molecule has 0 aliphatic rings. The lowest BCUT2D eigenvalue weighted by atomic mass is 10.1. The molecule has 0 aliphatic heterocycles. The van der Waals surface area contributed by atoms with Crippen molar-refractivity contribution in [1.82, 2.24) is 0 Å². The van der Waals surface area contributed by atoms with Gasteiger partial charge in [-0.2, -0.15) is 0 Å². The molecule has 23 heavy (non-hydrogen) atoms. The van der Waals surface area contributed by atoms with Crippen molar-refractivity contribution in [3.8, 4) is 11.5 Å². The molecule has 4 nitrogen and oxygen atoms in total. The van der Waals surface area contributed by atoms with Crippen molar-refractivity contribution in [3.63, 3.8) is 0 Å². The number of phenols is 2. The van der Waals surface area contributed by atoms with Crippen LogP contribution in [0.4, 0.5) is 0 Å². The Kier molecular flexibility index (Phi) is 6.94. The van der Waals surface area contributed by atoms with E-state index in [2.05, 4.69) is 45.2 Å². The minimum absolute atomic E-state index is 0.226. The third-order valence-corrected chi connectivity index (χ3v) is 4.93. The third-order valence-electron chi connectivity index (χ3n) is 3.28. The van der Waals surface area contributed by atoms with Crippen LogP contribution in [0.5, 0.6) is 11.5 Å². The highest BCUT2D eigenvalue weighted by Gasteiger charge is 2.08. The van der Waals surface area contributed by atoms with Crippen LogP contribution in [0.2, 0.25) is 0 Å². The van der Waals surface area contributed by atoms with Crippen molar-refractivity contribution in [3.05, 3.63) is 54.7 Å². The molecule has 0 aliphatic carbocycles. The van der Waals surface area contributed by atoms with Gasteiger partial charge < -0.3 is 14.9 Å². The Balaban J connectivity index is 1.76. The molecular weight excluding hydrogens is 522 g/mol. The van der Waals surface area contributed by atoms with E-state index in [1.165, 1.54) is 0 Å². The summed E-state index contributed by atoms with van der Waals surface area (Å²) in [6.45, 7) is 0.328. The summed E-state index contributed by atoms with van der Waals surface area (Å²) in [4.78, 5) is 11.8. The van der Waals surface area contributed by atoms with Crippen LogP contribution >= 0.6 is 45.2 Å². The van der Waals surface area contributed by atoms with E-state index in [-0.39, 0.29) is 17.5 Å². The van der Waals surface area contributed by atoms with Gasteiger partial charge >= 0.3 is 5.97 Å². The highest BCUT2D eigenvalue weighted by atomic mass is 127. The second-order valence-electron chi connectivity index (χ2n) is 5.04. The molecule has 0 radical (unpaired) electrons. The molecule has 0 heterocycles. The van der Waals surface area contributed by atoms with Crippen LogP contribution < -0.4 is 0 Å². The van der Waals surface area contributed by atoms with E-state index in [4.69, 9.17) is 4.74 Å². The van der Waals surface area contributed by atoms with E-state index < -0.39 is 0 Å². The van der Waals surface area contributed by atoms with Crippen molar-refractivity contribution in [2.45, 2.75) is 19.3 Å². The summed E-state index contributed by atoms with van der Waals surface area (Å²) in [5, 5.41) is 18.9. The van der Waals surface area contributed by atoms with Crippen LogP contribution in [0, 0.1) is 7.14 Å². The van der Waals surface area contributed by atoms with Crippen molar-refractivity contribution in [2.24, 2.45) is 0 Å². The Bertz CT molecular complexity index is 660. The monoisotopic (exact) mass is 538 g/mol. The predicted octanol–water partition coefficient (Wildman–Crippen LogP) is 4.03. The van der Waals surface area contributed by atoms with E-state index in [0.29, 0.717) is 25.9 Å². The Morgan fingerprint density at radius 3 is 2.17 bits per heavy atom. The predicted molar refractivity (Wildman–Crippen MR) is 105 cm³/mol. The van der Waals surface area contributed by atoms with Crippen molar-refractivity contribution < 1.29 is 19.7 Å². The van der Waals surface area contributed by atoms with Gasteiger partial charge in [0, 0.05) is 12.8 Å².